The summed E-state index contributed by atoms with van der Waals surface area (Å²) >= 11 is 2.25. The number of nitrogens with zero attached hydrogens (tertiary/aromatic N) is 1. The van der Waals surface area contributed by atoms with Gasteiger partial charge in [0.15, 0.2) is 0 Å². The summed E-state index contributed by atoms with van der Waals surface area (Å²) in [5.41, 5.74) is 4.35. The fourth-order valence-electron chi connectivity index (χ4n) is 2.82. The summed E-state index contributed by atoms with van der Waals surface area (Å²) in [6.45, 7) is 0.387. The number of fused-ring (bicyclic) bond motifs is 2. The summed E-state index contributed by atoms with van der Waals surface area (Å²) < 4.78 is 20.1. The van der Waals surface area contributed by atoms with Gasteiger partial charge in [0.1, 0.15) is 18.2 Å². The van der Waals surface area contributed by atoms with Crippen LogP contribution in [-0.4, -0.2) is 10.9 Å². The van der Waals surface area contributed by atoms with Gasteiger partial charge >= 0.3 is 0 Å². The minimum atomic E-state index is -0.380. The van der Waals surface area contributed by atoms with Crippen molar-refractivity contribution in [1.82, 2.24) is 4.98 Å². The second-order valence-electron chi connectivity index (χ2n) is 5.05. The molecule has 22 heavy (non-hydrogen) atoms. The van der Waals surface area contributed by atoms with Crippen LogP contribution in [0.3, 0.4) is 0 Å². The number of halogens is 2. The van der Waals surface area contributed by atoms with Gasteiger partial charge in [-0.05, 0) is 24.3 Å². The molecule has 0 spiro atoms. The Morgan fingerprint density at radius 3 is 3.00 bits per heavy atom. The van der Waals surface area contributed by atoms with E-state index in [1.807, 2.05) is 6.07 Å². The van der Waals surface area contributed by atoms with E-state index in [0.29, 0.717) is 29.2 Å². The lowest BCUT2D eigenvalue weighted by Crippen LogP contribution is -2.05. The van der Waals surface area contributed by atoms with E-state index in [2.05, 4.69) is 32.9 Å². The number of amides is 1. The molecule has 4 rings (SSSR count). The molecule has 1 aromatic heterocycles. The lowest BCUT2D eigenvalue weighted by molar-refractivity contribution is -0.110. The number of alkyl halides is 1. The maximum absolute atomic E-state index is 13.6. The van der Waals surface area contributed by atoms with Crippen LogP contribution in [0.2, 0.25) is 0 Å². The molecule has 0 unspecified atom stereocenters. The van der Waals surface area contributed by atoms with Crippen molar-refractivity contribution in [1.29, 1.82) is 0 Å². The van der Waals surface area contributed by atoms with Crippen molar-refractivity contribution in [2.45, 2.75) is 11.0 Å². The maximum Gasteiger partial charge on any atom is 0.260 e. The van der Waals surface area contributed by atoms with Gasteiger partial charge in [0.25, 0.3) is 5.91 Å². The second-order valence-corrected chi connectivity index (χ2v) is 5.82. The molecule has 4 nitrogen and oxygen atoms in total. The summed E-state index contributed by atoms with van der Waals surface area (Å²) in [6.07, 6.45) is 1.71. The van der Waals surface area contributed by atoms with Gasteiger partial charge in [-0.2, -0.15) is 0 Å². The minimum Gasteiger partial charge on any atom is -0.487 e. The molecule has 0 saturated carbocycles. The van der Waals surface area contributed by atoms with Crippen LogP contribution in [0.25, 0.3) is 11.3 Å². The van der Waals surface area contributed by atoms with E-state index in [4.69, 9.17) is 4.74 Å². The molecule has 0 aliphatic carbocycles. The van der Waals surface area contributed by atoms with Gasteiger partial charge in [0, 0.05) is 33.0 Å². The summed E-state index contributed by atoms with van der Waals surface area (Å²) in [4.78, 5) is 16.6. The van der Waals surface area contributed by atoms with E-state index in [0.717, 1.165) is 21.2 Å². The van der Waals surface area contributed by atoms with Crippen LogP contribution < -0.4 is 5.32 Å². The molecule has 0 radical (unpaired) electrons. The first kappa shape index (κ1) is 13.7. The molecule has 2 aliphatic heterocycles. The Labute approximate surface area is 139 Å². The van der Waals surface area contributed by atoms with Crippen LogP contribution in [0, 0.1) is 5.82 Å². The first-order valence-electron chi connectivity index (χ1n) is 6.70. The number of rotatable bonds is 1. The molecule has 110 valence electrons. The fourth-order valence-corrected chi connectivity index (χ4v) is 3.48. The molecule has 6 heteroatoms. The molecule has 2 aromatic rings. The molecular formula is C16H10FIN2O2. The molecule has 2 aliphatic rings. The van der Waals surface area contributed by atoms with Crippen LogP contribution in [0.15, 0.2) is 30.5 Å². The molecule has 0 bridgehead atoms. The highest BCUT2D eigenvalue weighted by Crippen LogP contribution is 2.42. The fraction of sp³-hybridized carbons (Fsp3) is 0.125. The van der Waals surface area contributed by atoms with E-state index in [-0.39, 0.29) is 11.7 Å². The van der Waals surface area contributed by atoms with Crippen molar-refractivity contribution in [2.24, 2.45) is 0 Å². The van der Waals surface area contributed by atoms with E-state index in [1.54, 1.807) is 12.3 Å². The van der Waals surface area contributed by atoms with Gasteiger partial charge in [-0.25, -0.2) is 4.39 Å². The largest absolute Gasteiger partial charge is 0.487 e. The predicted molar refractivity (Wildman–Crippen MR) is 88.6 cm³/mol. The number of carbonyl (C=O) groups excluding carboxylic acids is 1. The monoisotopic (exact) mass is 408 g/mol. The first-order chi connectivity index (χ1) is 10.7. The number of carbonyl (C=O) groups is 1. The third-order valence-corrected chi connectivity index (χ3v) is 4.55. The smallest absolute Gasteiger partial charge is 0.260 e. The Bertz CT molecular complexity index is 848. The van der Waals surface area contributed by atoms with Crippen LogP contribution in [0.1, 0.15) is 22.4 Å². The van der Waals surface area contributed by atoms with E-state index in [1.165, 1.54) is 12.1 Å². The SMILES string of the molecule is O=C1Nc2ccc(F)cc2/C1=C1\OCc2c1ccnc2CI. The van der Waals surface area contributed by atoms with E-state index >= 15 is 0 Å². The second kappa shape index (κ2) is 5.05. The number of hydrogen-bond donors (Lipinski definition) is 1. The number of aromatic nitrogens is 1. The molecule has 0 saturated heterocycles. The van der Waals surface area contributed by atoms with Crippen molar-refractivity contribution in [3.63, 3.8) is 0 Å². The van der Waals surface area contributed by atoms with E-state index < -0.39 is 0 Å². The molecule has 1 aromatic carbocycles. The van der Waals surface area contributed by atoms with Crippen LogP contribution >= 0.6 is 22.6 Å². The number of ether oxygens (including phenoxy) is 1. The molecule has 0 fully saturated rings. The average molecular weight is 408 g/mol. The normalized spacial score (nSPS) is 18.7. The lowest BCUT2D eigenvalue weighted by Gasteiger charge is -2.05. The zero-order valence-corrected chi connectivity index (χ0v) is 13.5. The van der Waals surface area contributed by atoms with Crippen molar-refractivity contribution in [3.05, 3.63) is 58.7 Å². The zero-order valence-electron chi connectivity index (χ0n) is 11.3. The Kier molecular flexibility index (Phi) is 3.14. The molecule has 1 N–H and O–H groups in total. The van der Waals surface area contributed by atoms with Gasteiger partial charge in [-0.15, -0.1) is 0 Å². The average Bonchev–Trinajstić information content (AvgIpc) is 3.06. The zero-order chi connectivity index (χ0) is 15.3. The molecular weight excluding hydrogens is 398 g/mol. The van der Waals surface area contributed by atoms with E-state index in [9.17, 15) is 9.18 Å². The Morgan fingerprint density at radius 2 is 2.18 bits per heavy atom. The summed E-state index contributed by atoms with van der Waals surface area (Å²) in [6, 6.07) is 6.09. The summed E-state index contributed by atoms with van der Waals surface area (Å²) in [7, 11) is 0. The van der Waals surface area contributed by atoms with Crippen molar-refractivity contribution < 1.29 is 13.9 Å². The van der Waals surface area contributed by atoms with Gasteiger partial charge in [-0.1, -0.05) is 22.6 Å². The standard InChI is InChI=1S/C16H10FIN2O2/c17-8-1-2-12-10(5-8)14(16(21)20-12)15-9-3-4-19-13(6-18)11(9)7-22-15/h1-5H,6-7H2,(H,20,21)/b15-14+. The quantitative estimate of drug-likeness (QED) is 0.447. The number of benzene rings is 1. The summed E-state index contributed by atoms with van der Waals surface area (Å²) in [5.74, 6) is -0.143. The first-order valence-corrected chi connectivity index (χ1v) is 8.23. The number of anilines is 1. The van der Waals surface area contributed by atoms with Crippen LogP contribution in [0.5, 0.6) is 0 Å². The van der Waals surface area contributed by atoms with Crippen molar-refractivity contribution in [3.8, 4) is 0 Å². The number of nitrogens with one attached hydrogen (secondary N) is 1. The highest BCUT2D eigenvalue weighted by Gasteiger charge is 2.33. The van der Waals surface area contributed by atoms with Gasteiger partial charge in [0.05, 0.1) is 11.3 Å². The Hall–Kier alpha value is -1.96. The minimum absolute atomic E-state index is 0.267. The third kappa shape index (κ3) is 1.93. The number of pyridine rings is 1. The van der Waals surface area contributed by atoms with Crippen LogP contribution in [0.4, 0.5) is 10.1 Å². The topological polar surface area (TPSA) is 51.2 Å². The molecule has 0 atom stereocenters. The number of hydrogen-bond acceptors (Lipinski definition) is 3. The van der Waals surface area contributed by atoms with Crippen LogP contribution in [-0.2, 0) is 20.6 Å². The summed E-state index contributed by atoms with van der Waals surface area (Å²) in [5, 5.41) is 2.75. The van der Waals surface area contributed by atoms with Gasteiger partial charge in [0.2, 0.25) is 0 Å². The predicted octanol–water partition coefficient (Wildman–Crippen LogP) is 3.51. The molecule has 3 heterocycles. The van der Waals surface area contributed by atoms with Gasteiger partial charge < -0.3 is 10.1 Å². The Morgan fingerprint density at radius 1 is 1.32 bits per heavy atom. The van der Waals surface area contributed by atoms with Crippen molar-refractivity contribution >= 4 is 45.5 Å². The maximum atomic E-state index is 13.6. The lowest BCUT2D eigenvalue weighted by atomic mass is 10.0. The van der Waals surface area contributed by atoms with Gasteiger partial charge in [-0.3, -0.25) is 9.78 Å². The highest BCUT2D eigenvalue weighted by molar-refractivity contribution is 14.1. The highest BCUT2D eigenvalue weighted by atomic mass is 127. The van der Waals surface area contributed by atoms with Crippen molar-refractivity contribution in [2.75, 3.05) is 5.32 Å². The Balaban J connectivity index is 1.96. The third-order valence-electron chi connectivity index (χ3n) is 3.83. The molecule has 1 amide bonds.